The summed E-state index contributed by atoms with van der Waals surface area (Å²) in [5.41, 5.74) is 5.79. The molecule has 3 aromatic rings. The maximum Gasteiger partial charge on any atom is 0.253 e. The summed E-state index contributed by atoms with van der Waals surface area (Å²) in [5.74, 6) is 0.0687. The molecule has 0 N–H and O–H groups in total. The van der Waals surface area contributed by atoms with Crippen molar-refractivity contribution in [3.63, 3.8) is 0 Å². The number of hydrogen-bond acceptors (Lipinski definition) is 2. The number of rotatable bonds is 5. The molecule has 4 nitrogen and oxygen atoms in total. The van der Waals surface area contributed by atoms with Gasteiger partial charge in [-0.15, -0.1) is 0 Å². The second kappa shape index (κ2) is 7.78. The molecule has 0 saturated carbocycles. The molecule has 2 aromatic carbocycles. The normalized spacial score (nSPS) is 13.2. The van der Waals surface area contributed by atoms with E-state index >= 15 is 0 Å². The first-order valence-electron chi connectivity index (χ1n) is 9.61. The lowest BCUT2D eigenvalue weighted by atomic mass is 9.90. The van der Waals surface area contributed by atoms with E-state index in [0.29, 0.717) is 6.54 Å². The number of carbonyl (C=O) groups excluding carboxylic acids is 1. The van der Waals surface area contributed by atoms with Gasteiger partial charge in [-0.25, -0.2) is 0 Å². The Bertz CT molecular complexity index is 930. The molecule has 1 aliphatic carbocycles. The Morgan fingerprint density at radius 1 is 1.04 bits per heavy atom. The first-order chi connectivity index (χ1) is 13.2. The van der Waals surface area contributed by atoms with Crippen molar-refractivity contribution in [1.29, 1.82) is 0 Å². The van der Waals surface area contributed by atoms with E-state index in [1.807, 2.05) is 48.4 Å². The van der Waals surface area contributed by atoms with Gasteiger partial charge in [0.25, 0.3) is 5.91 Å². The van der Waals surface area contributed by atoms with Gasteiger partial charge in [-0.05, 0) is 54.5 Å². The minimum absolute atomic E-state index is 0.0687. The summed E-state index contributed by atoms with van der Waals surface area (Å²) >= 11 is 0. The third-order valence-electron chi connectivity index (χ3n) is 5.24. The van der Waals surface area contributed by atoms with Crippen LogP contribution in [0.3, 0.4) is 0 Å². The van der Waals surface area contributed by atoms with E-state index in [4.69, 9.17) is 0 Å². The van der Waals surface area contributed by atoms with Gasteiger partial charge in [-0.3, -0.25) is 9.48 Å². The van der Waals surface area contributed by atoms with Gasteiger partial charge in [0, 0.05) is 30.9 Å². The average molecular weight is 359 g/mol. The Kier molecular flexibility index (Phi) is 5.05. The van der Waals surface area contributed by atoms with Crippen LogP contribution in [0.4, 0.5) is 0 Å². The van der Waals surface area contributed by atoms with Crippen LogP contribution in [0.5, 0.6) is 0 Å². The highest BCUT2D eigenvalue weighted by Gasteiger charge is 2.16. The molecule has 4 heteroatoms. The average Bonchev–Trinajstić information content (AvgIpc) is 3.14. The number of aryl methyl sites for hydroxylation is 2. The number of aromatic nitrogens is 2. The Morgan fingerprint density at radius 2 is 1.81 bits per heavy atom. The minimum atomic E-state index is 0.0687. The van der Waals surface area contributed by atoms with E-state index in [2.05, 4.69) is 29.4 Å². The Morgan fingerprint density at radius 3 is 2.63 bits per heavy atom. The standard InChI is InChI=1S/C23H25N3O/c1-25(23(27)22-12-11-20-9-5-6-10-21(20)13-22)15-19-14-24-26(17-19)16-18-7-3-2-4-8-18/h2-4,7-8,11-14,17H,5-6,9-10,15-16H2,1H3. The summed E-state index contributed by atoms with van der Waals surface area (Å²) in [6, 6.07) is 16.5. The maximum absolute atomic E-state index is 12.8. The fourth-order valence-electron chi connectivity index (χ4n) is 3.78. The maximum atomic E-state index is 12.8. The fraction of sp³-hybridized carbons (Fsp3) is 0.304. The number of hydrogen-bond donors (Lipinski definition) is 0. The van der Waals surface area contributed by atoms with Crippen molar-refractivity contribution in [2.24, 2.45) is 0 Å². The van der Waals surface area contributed by atoms with Crippen LogP contribution in [0.1, 0.15) is 45.5 Å². The van der Waals surface area contributed by atoms with Crippen LogP contribution in [0.2, 0.25) is 0 Å². The van der Waals surface area contributed by atoms with Crippen LogP contribution in [0.25, 0.3) is 0 Å². The van der Waals surface area contributed by atoms with Crippen molar-refractivity contribution < 1.29 is 4.79 Å². The predicted octanol–water partition coefficient (Wildman–Crippen LogP) is 4.08. The molecule has 138 valence electrons. The van der Waals surface area contributed by atoms with E-state index in [0.717, 1.165) is 30.5 Å². The van der Waals surface area contributed by atoms with Gasteiger partial charge in [0.2, 0.25) is 0 Å². The third-order valence-corrected chi connectivity index (χ3v) is 5.24. The minimum Gasteiger partial charge on any atom is -0.337 e. The summed E-state index contributed by atoms with van der Waals surface area (Å²) in [4.78, 5) is 14.6. The molecule has 0 radical (unpaired) electrons. The first kappa shape index (κ1) is 17.5. The third kappa shape index (κ3) is 4.11. The number of benzene rings is 2. The van der Waals surface area contributed by atoms with Crippen molar-refractivity contribution in [3.05, 3.63) is 88.7 Å². The van der Waals surface area contributed by atoms with Gasteiger partial charge < -0.3 is 4.90 Å². The molecule has 1 amide bonds. The smallest absolute Gasteiger partial charge is 0.253 e. The van der Waals surface area contributed by atoms with Crippen LogP contribution in [-0.4, -0.2) is 27.6 Å². The molecular weight excluding hydrogens is 334 g/mol. The summed E-state index contributed by atoms with van der Waals surface area (Å²) in [7, 11) is 1.86. The van der Waals surface area contributed by atoms with Crippen LogP contribution in [0.15, 0.2) is 60.9 Å². The highest BCUT2D eigenvalue weighted by molar-refractivity contribution is 5.94. The second-order valence-electron chi connectivity index (χ2n) is 7.38. The van der Waals surface area contributed by atoms with Crippen LogP contribution in [-0.2, 0) is 25.9 Å². The monoisotopic (exact) mass is 359 g/mol. The molecule has 0 unspecified atom stereocenters. The van der Waals surface area contributed by atoms with Crippen molar-refractivity contribution in [3.8, 4) is 0 Å². The lowest BCUT2D eigenvalue weighted by Gasteiger charge is -2.19. The lowest BCUT2D eigenvalue weighted by molar-refractivity contribution is 0.0785. The molecule has 0 saturated heterocycles. The first-order valence-corrected chi connectivity index (χ1v) is 9.61. The van der Waals surface area contributed by atoms with Gasteiger partial charge in [0.15, 0.2) is 0 Å². The fourth-order valence-corrected chi connectivity index (χ4v) is 3.78. The topological polar surface area (TPSA) is 38.1 Å². The number of fused-ring (bicyclic) bond motifs is 1. The van der Waals surface area contributed by atoms with Gasteiger partial charge in [0.05, 0.1) is 12.7 Å². The molecule has 1 aromatic heterocycles. The molecule has 4 rings (SSSR count). The Labute approximate surface area is 160 Å². The van der Waals surface area contributed by atoms with E-state index in [1.165, 1.54) is 29.5 Å². The second-order valence-corrected chi connectivity index (χ2v) is 7.38. The lowest BCUT2D eigenvalue weighted by Crippen LogP contribution is -2.26. The Balaban J connectivity index is 1.41. The highest BCUT2D eigenvalue weighted by atomic mass is 16.2. The quantitative estimate of drug-likeness (QED) is 0.688. The summed E-state index contributed by atoms with van der Waals surface area (Å²) in [5, 5.41) is 4.43. The van der Waals surface area contributed by atoms with E-state index in [1.54, 1.807) is 4.90 Å². The van der Waals surface area contributed by atoms with Crippen LogP contribution >= 0.6 is 0 Å². The van der Waals surface area contributed by atoms with Crippen LogP contribution in [0, 0.1) is 0 Å². The van der Waals surface area contributed by atoms with Gasteiger partial charge in [-0.1, -0.05) is 36.4 Å². The zero-order valence-corrected chi connectivity index (χ0v) is 15.8. The van der Waals surface area contributed by atoms with E-state index in [-0.39, 0.29) is 5.91 Å². The molecule has 1 heterocycles. The van der Waals surface area contributed by atoms with Gasteiger partial charge >= 0.3 is 0 Å². The van der Waals surface area contributed by atoms with Gasteiger partial charge in [-0.2, -0.15) is 5.10 Å². The number of amides is 1. The zero-order chi connectivity index (χ0) is 18.6. The molecule has 0 spiro atoms. The van der Waals surface area contributed by atoms with Crippen molar-refractivity contribution in [2.75, 3.05) is 7.05 Å². The molecule has 0 bridgehead atoms. The zero-order valence-electron chi connectivity index (χ0n) is 15.8. The summed E-state index contributed by atoms with van der Waals surface area (Å²) < 4.78 is 1.92. The number of nitrogens with zero attached hydrogens (tertiary/aromatic N) is 3. The van der Waals surface area contributed by atoms with Gasteiger partial charge in [0.1, 0.15) is 0 Å². The summed E-state index contributed by atoms with van der Waals surface area (Å²) in [6.45, 7) is 1.30. The van der Waals surface area contributed by atoms with Crippen molar-refractivity contribution in [2.45, 2.75) is 38.8 Å². The van der Waals surface area contributed by atoms with Crippen LogP contribution < -0.4 is 0 Å². The van der Waals surface area contributed by atoms with Crippen molar-refractivity contribution in [1.82, 2.24) is 14.7 Å². The highest BCUT2D eigenvalue weighted by Crippen LogP contribution is 2.23. The SMILES string of the molecule is CN(Cc1cnn(Cc2ccccc2)c1)C(=O)c1ccc2c(c1)CCCC2. The predicted molar refractivity (Wildman–Crippen MR) is 107 cm³/mol. The summed E-state index contributed by atoms with van der Waals surface area (Å²) in [6.07, 6.45) is 8.57. The van der Waals surface area contributed by atoms with Crippen molar-refractivity contribution >= 4 is 5.91 Å². The molecule has 0 aliphatic heterocycles. The number of carbonyl (C=O) groups is 1. The molecular formula is C23H25N3O. The molecule has 0 atom stereocenters. The van der Waals surface area contributed by atoms with E-state index < -0.39 is 0 Å². The Hall–Kier alpha value is -2.88. The molecule has 0 fully saturated rings. The molecule has 27 heavy (non-hydrogen) atoms. The van der Waals surface area contributed by atoms with E-state index in [9.17, 15) is 4.79 Å². The largest absolute Gasteiger partial charge is 0.337 e. The molecule has 1 aliphatic rings.